The average molecular weight is 161 g/mol. The van der Waals surface area contributed by atoms with E-state index in [1.54, 1.807) is 12.5 Å². The van der Waals surface area contributed by atoms with Crippen molar-refractivity contribution in [3.8, 4) is 0 Å². The molecule has 1 aromatic heterocycles. The predicted octanol–water partition coefficient (Wildman–Crippen LogP) is -2.70. The molecule has 0 aromatic carbocycles. The lowest BCUT2D eigenvalue weighted by atomic mass is 10.2. The Morgan fingerprint density at radius 1 is 1.80 bits per heavy atom. The Hall–Kier alpha value is -0.540. The van der Waals surface area contributed by atoms with Gasteiger partial charge in [0.1, 0.15) is 0 Å². The Morgan fingerprint density at radius 3 is 2.90 bits per heavy atom. The van der Waals surface area contributed by atoms with Crippen molar-refractivity contribution in [3.05, 3.63) is 18.2 Å². The molecule has 4 heteroatoms. The topological polar surface area (TPSA) is 54.7 Å². The van der Waals surface area contributed by atoms with Crippen molar-refractivity contribution in [2.75, 3.05) is 0 Å². The van der Waals surface area contributed by atoms with Crippen molar-refractivity contribution in [1.82, 2.24) is 9.97 Å². The van der Waals surface area contributed by atoms with Gasteiger partial charge in [0.05, 0.1) is 6.33 Å². The molecule has 1 aromatic rings. The van der Waals surface area contributed by atoms with Crippen LogP contribution in [0, 0.1) is 0 Å². The fourth-order valence-corrected chi connectivity index (χ4v) is 0.743. The molecule has 58 valence electrons. The monoisotopic (exact) mass is 160 g/mol. The summed E-state index contributed by atoms with van der Waals surface area (Å²) in [6.07, 6.45) is 4.33. The first-order chi connectivity index (χ1) is 4.29. The summed E-state index contributed by atoms with van der Waals surface area (Å²) < 4.78 is 0. The van der Waals surface area contributed by atoms with Crippen LogP contribution in [-0.2, 0) is 6.42 Å². The van der Waals surface area contributed by atoms with Gasteiger partial charge in [-0.3, -0.25) is 0 Å². The standard InChI is InChI=1S/C6H11N3.ClH/c1-5(7)2-6-3-8-4-9-6;/h3-5H,2,7H2,1H3,(H,8,9);1H/p-1. The molecular weight excluding hydrogens is 150 g/mol. The fourth-order valence-electron chi connectivity index (χ4n) is 0.743. The maximum Gasteiger partial charge on any atom is 0.0921 e. The van der Waals surface area contributed by atoms with Gasteiger partial charge < -0.3 is 23.1 Å². The quantitative estimate of drug-likeness (QED) is 0.495. The highest BCUT2D eigenvalue weighted by molar-refractivity contribution is 4.95. The lowest BCUT2D eigenvalue weighted by Gasteiger charge is -1.99. The molecule has 0 spiro atoms. The van der Waals surface area contributed by atoms with Crippen LogP contribution in [0.25, 0.3) is 0 Å². The summed E-state index contributed by atoms with van der Waals surface area (Å²) in [4.78, 5) is 6.84. The van der Waals surface area contributed by atoms with Crippen LogP contribution in [-0.4, -0.2) is 16.0 Å². The van der Waals surface area contributed by atoms with Crippen LogP contribution < -0.4 is 18.1 Å². The maximum atomic E-state index is 5.54. The van der Waals surface area contributed by atoms with Crippen LogP contribution in [0.1, 0.15) is 12.6 Å². The van der Waals surface area contributed by atoms with Gasteiger partial charge in [-0.2, -0.15) is 0 Å². The lowest BCUT2D eigenvalue weighted by molar-refractivity contribution is -0.00000236. The van der Waals surface area contributed by atoms with Gasteiger partial charge in [-0.15, -0.1) is 0 Å². The smallest absolute Gasteiger partial charge is 0.0921 e. The van der Waals surface area contributed by atoms with Crippen molar-refractivity contribution >= 4 is 0 Å². The molecule has 1 atom stereocenters. The number of aromatic amines is 1. The highest BCUT2D eigenvalue weighted by Gasteiger charge is 1.96. The zero-order chi connectivity index (χ0) is 6.69. The average Bonchev–Trinajstić information content (AvgIpc) is 2.15. The first-order valence-electron chi connectivity index (χ1n) is 3.02. The molecule has 1 heterocycles. The maximum absolute atomic E-state index is 5.54. The molecule has 0 aliphatic carbocycles. The third-order valence-corrected chi connectivity index (χ3v) is 1.10. The number of imidazole rings is 1. The van der Waals surface area contributed by atoms with Crippen molar-refractivity contribution in [2.24, 2.45) is 5.73 Å². The van der Waals surface area contributed by atoms with Gasteiger partial charge >= 0.3 is 0 Å². The molecule has 0 aliphatic heterocycles. The Kier molecular flexibility index (Phi) is 4.07. The minimum atomic E-state index is 0. The van der Waals surface area contributed by atoms with Crippen molar-refractivity contribution in [2.45, 2.75) is 19.4 Å². The van der Waals surface area contributed by atoms with Crippen LogP contribution in [0.2, 0.25) is 0 Å². The van der Waals surface area contributed by atoms with E-state index in [0.29, 0.717) is 0 Å². The Morgan fingerprint density at radius 2 is 2.50 bits per heavy atom. The van der Waals surface area contributed by atoms with Crippen LogP contribution in [0.4, 0.5) is 0 Å². The van der Waals surface area contributed by atoms with Gasteiger partial charge in [-0.1, -0.05) is 0 Å². The fraction of sp³-hybridized carbons (Fsp3) is 0.500. The van der Waals surface area contributed by atoms with E-state index in [1.165, 1.54) is 0 Å². The van der Waals surface area contributed by atoms with E-state index in [-0.39, 0.29) is 18.4 Å². The van der Waals surface area contributed by atoms with Gasteiger partial charge in [0.15, 0.2) is 0 Å². The predicted molar refractivity (Wildman–Crippen MR) is 35.9 cm³/mol. The van der Waals surface area contributed by atoms with Crippen molar-refractivity contribution < 1.29 is 12.4 Å². The number of hydrogen-bond acceptors (Lipinski definition) is 2. The van der Waals surface area contributed by atoms with Crippen LogP contribution in [0.5, 0.6) is 0 Å². The van der Waals surface area contributed by atoms with Gasteiger partial charge in [-0.25, -0.2) is 4.98 Å². The molecule has 0 bridgehead atoms. The summed E-state index contributed by atoms with van der Waals surface area (Å²) in [5.74, 6) is 0. The Labute approximate surface area is 66.4 Å². The molecule has 0 saturated heterocycles. The number of nitrogens with one attached hydrogen (secondary N) is 1. The molecule has 3 nitrogen and oxygen atoms in total. The van der Waals surface area contributed by atoms with E-state index in [0.717, 1.165) is 12.1 Å². The number of halogens is 1. The largest absolute Gasteiger partial charge is 1.00 e. The molecule has 3 N–H and O–H groups in total. The van der Waals surface area contributed by atoms with E-state index in [4.69, 9.17) is 5.73 Å². The Balaban J connectivity index is 0.000000810. The number of nitrogens with zero attached hydrogens (tertiary/aromatic N) is 1. The van der Waals surface area contributed by atoms with Crippen LogP contribution >= 0.6 is 0 Å². The Bertz CT molecular complexity index is 160. The highest BCUT2D eigenvalue weighted by Crippen LogP contribution is 1.93. The van der Waals surface area contributed by atoms with Gasteiger partial charge in [0, 0.05) is 24.4 Å². The van der Waals surface area contributed by atoms with Crippen molar-refractivity contribution in [3.63, 3.8) is 0 Å². The van der Waals surface area contributed by atoms with Crippen molar-refractivity contribution in [1.29, 1.82) is 0 Å². The summed E-state index contributed by atoms with van der Waals surface area (Å²) in [5.41, 5.74) is 6.64. The highest BCUT2D eigenvalue weighted by atomic mass is 35.5. The molecule has 0 aliphatic rings. The van der Waals surface area contributed by atoms with E-state index in [9.17, 15) is 0 Å². The molecule has 0 amide bonds. The summed E-state index contributed by atoms with van der Waals surface area (Å²) in [6, 6.07) is 0.213. The van der Waals surface area contributed by atoms with Gasteiger partial charge in [0.25, 0.3) is 0 Å². The van der Waals surface area contributed by atoms with E-state index in [2.05, 4.69) is 9.97 Å². The summed E-state index contributed by atoms with van der Waals surface area (Å²) >= 11 is 0. The zero-order valence-electron chi connectivity index (χ0n) is 5.84. The number of aromatic nitrogens is 2. The molecule has 0 radical (unpaired) electrons. The van der Waals surface area contributed by atoms with Gasteiger partial charge in [0.2, 0.25) is 0 Å². The second-order valence-corrected chi connectivity index (χ2v) is 2.26. The minimum absolute atomic E-state index is 0. The first-order valence-corrected chi connectivity index (χ1v) is 3.02. The third-order valence-electron chi connectivity index (χ3n) is 1.10. The third kappa shape index (κ3) is 2.85. The molecule has 10 heavy (non-hydrogen) atoms. The number of rotatable bonds is 2. The zero-order valence-corrected chi connectivity index (χ0v) is 6.60. The van der Waals surface area contributed by atoms with Gasteiger partial charge in [-0.05, 0) is 6.92 Å². The molecule has 0 fully saturated rings. The number of nitrogens with two attached hydrogens (primary N) is 1. The molecule has 0 saturated carbocycles. The lowest BCUT2D eigenvalue weighted by Crippen LogP contribution is -3.00. The van der Waals surface area contributed by atoms with Crippen LogP contribution in [0.3, 0.4) is 0 Å². The summed E-state index contributed by atoms with van der Waals surface area (Å²) in [7, 11) is 0. The summed E-state index contributed by atoms with van der Waals surface area (Å²) in [5, 5.41) is 0. The SMILES string of the molecule is CC(N)Cc1cnc[nH]1.[Cl-]. The second-order valence-electron chi connectivity index (χ2n) is 2.26. The van der Waals surface area contributed by atoms with E-state index >= 15 is 0 Å². The first kappa shape index (κ1) is 9.46. The minimum Gasteiger partial charge on any atom is -1.00 e. The van der Waals surface area contributed by atoms with E-state index in [1.807, 2.05) is 6.92 Å². The summed E-state index contributed by atoms with van der Waals surface area (Å²) in [6.45, 7) is 1.97. The molecule has 1 unspecified atom stereocenters. The second kappa shape index (κ2) is 4.30. The number of H-pyrrole nitrogens is 1. The molecular formula is C6H11ClN3-. The van der Waals surface area contributed by atoms with Crippen LogP contribution in [0.15, 0.2) is 12.5 Å². The molecule has 1 rings (SSSR count). The normalized spacial score (nSPS) is 12.2. The van der Waals surface area contributed by atoms with E-state index < -0.39 is 0 Å². The number of hydrogen-bond donors (Lipinski definition) is 2.